The number of nitrogens with zero attached hydrogens (tertiary/aromatic N) is 3. The minimum atomic E-state index is -0.410. The van der Waals surface area contributed by atoms with E-state index in [1.165, 1.54) is 11.3 Å². The number of hydrogen-bond donors (Lipinski definition) is 0. The van der Waals surface area contributed by atoms with Gasteiger partial charge in [-0.1, -0.05) is 0 Å². The van der Waals surface area contributed by atoms with Crippen molar-refractivity contribution in [1.29, 1.82) is 0 Å². The highest BCUT2D eigenvalue weighted by Gasteiger charge is 2.43. The predicted octanol–water partition coefficient (Wildman–Crippen LogP) is 1.93. The van der Waals surface area contributed by atoms with Crippen LogP contribution in [0.3, 0.4) is 0 Å². The Bertz CT molecular complexity index is 813. The summed E-state index contributed by atoms with van der Waals surface area (Å²) in [4.78, 5) is 43.5. The summed E-state index contributed by atoms with van der Waals surface area (Å²) >= 11 is 0. The molecular formula is C24H33N3O5. The molecule has 2 amide bonds. The third kappa shape index (κ3) is 5.19. The molecule has 174 valence electrons. The van der Waals surface area contributed by atoms with E-state index in [0.717, 1.165) is 58.8 Å². The number of ether oxygens (including phenoxy) is 2. The van der Waals surface area contributed by atoms with Crippen LogP contribution < -0.4 is 4.90 Å². The minimum Gasteiger partial charge on any atom is -0.462 e. The first kappa shape index (κ1) is 22.9. The Morgan fingerprint density at radius 3 is 2.41 bits per heavy atom. The fraction of sp³-hybridized carbons (Fsp3) is 0.625. The second-order valence-electron chi connectivity index (χ2n) is 8.78. The number of hydrogen-bond acceptors (Lipinski definition) is 7. The molecule has 0 N–H and O–H groups in total. The largest absolute Gasteiger partial charge is 0.462 e. The molecular weight excluding hydrogens is 410 g/mol. The summed E-state index contributed by atoms with van der Waals surface area (Å²) in [7, 11) is 0. The third-order valence-corrected chi connectivity index (χ3v) is 6.81. The van der Waals surface area contributed by atoms with Gasteiger partial charge in [0.05, 0.1) is 43.5 Å². The topological polar surface area (TPSA) is 79.4 Å². The lowest BCUT2D eigenvalue weighted by molar-refractivity contribution is -0.123. The molecule has 0 radical (unpaired) electrons. The summed E-state index contributed by atoms with van der Waals surface area (Å²) in [5.74, 6) is -0.0794. The van der Waals surface area contributed by atoms with E-state index in [1.807, 2.05) is 0 Å². The van der Waals surface area contributed by atoms with Gasteiger partial charge < -0.3 is 9.47 Å². The van der Waals surface area contributed by atoms with Gasteiger partial charge in [0.15, 0.2) is 0 Å². The first-order chi connectivity index (χ1) is 15.6. The van der Waals surface area contributed by atoms with Crippen LogP contribution in [0.2, 0.25) is 0 Å². The Balaban J connectivity index is 1.30. The van der Waals surface area contributed by atoms with E-state index in [1.54, 1.807) is 31.2 Å². The number of amides is 2. The molecule has 0 aliphatic carbocycles. The van der Waals surface area contributed by atoms with Crippen LogP contribution >= 0.6 is 0 Å². The van der Waals surface area contributed by atoms with Crippen LogP contribution in [0.1, 0.15) is 43.0 Å². The molecule has 1 aromatic rings. The fourth-order valence-corrected chi connectivity index (χ4v) is 4.88. The van der Waals surface area contributed by atoms with Crippen LogP contribution in [0.15, 0.2) is 24.3 Å². The van der Waals surface area contributed by atoms with E-state index >= 15 is 0 Å². The monoisotopic (exact) mass is 443 g/mol. The van der Waals surface area contributed by atoms with Crippen molar-refractivity contribution in [3.8, 4) is 0 Å². The predicted molar refractivity (Wildman–Crippen MR) is 119 cm³/mol. The summed E-state index contributed by atoms with van der Waals surface area (Å²) in [6.07, 6.45) is 3.54. The molecule has 3 heterocycles. The fourth-order valence-electron chi connectivity index (χ4n) is 4.88. The second-order valence-corrected chi connectivity index (χ2v) is 8.78. The highest BCUT2D eigenvalue weighted by molar-refractivity contribution is 6.22. The number of carbonyl (C=O) groups excluding carboxylic acids is 3. The zero-order valence-electron chi connectivity index (χ0n) is 18.8. The lowest BCUT2D eigenvalue weighted by Crippen LogP contribution is -2.46. The van der Waals surface area contributed by atoms with E-state index in [4.69, 9.17) is 9.47 Å². The van der Waals surface area contributed by atoms with Crippen molar-refractivity contribution >= 4 is 23.5 Å². The summed E-state index contributed by atoms with van der Waals surface area (Å²) in [5, 5.41) is 0. The van der Waals surface area contributed by atoms with Crippen molar-refractivity contribution in [3.63, 3.8) is 0 Å². The van der Waals surface area contributed by atoms with E-state index in [9.17, 15) is 14.4 Å². The number of morpholine rings is 1. The van der Waals surface area contributed by atoms with Gasteiger partial charge in [-0.2, -0.15) is 0 Å². The van der Waals surface area contributed by atoms with Gasteiger partial charge in [-0.25, -0.2) is 9.69 Å². The zero-order valence-corrected chi connectivity index (χ0v) is 18.8. The van der Waals surface area contributed by atoms with Crippen LogP contribution in [-0.2, 0) is 19.1 Å². The van der Waals surface area contributed by atoms with E-state index in [-0.39, 0.29) is 24.3 Å². The van der Waals surface area contributed by atoms with Crippen molar-refractivity contribution in [2.75, 3.05) is 57.4 Å². The highest BCUT2D eigenvalue weighted by Crippen LogP contribution is 2.30. The highest BCUT2D eigenvalue weighted by atomic mass is 16.5. The average Bonchev–Trinajstić information content (AvgIpc) is 3.12. The Kier molecular flexibility index (Phi) is 7.55. The number of piperidine rings is 1. The van der Waals surface area contributed by atoms with Gasteiger partial charge in [-0.05, 0) is 76.0 Å². The molecule has 3 aliphatic rings. The molecule has 3 aliphatic heterocycles. The molecule has 0 bridgehead atoms. The standard InChI is InChI=1S/C24H33N3O5/c1-2-32-24(30)19-3-5-20(6-4-19)27-22(28)17-21(23(27)29)26-11-8-18(9-12-26)7-10-25-13-15-31-16-14-25/h3-6,18,21H,2,7-17H2,1H3/t21-/m1/s1. The smallest absolute Gasteiger partial charge is 0.338 e. The van der Waals surface area contributed by atoms with Gasteiger partial charge in [0, 0.05) is 13.1 Å². The van der Waals surface area contributed by atoms with Crippen molar-refractivity contribution in [2.24, 2.45) is 5.92 Å². The van der Waals surface area contributed by atoms with Gasteiger partial charge in [-0.15, -0.1) is 0 Å². The molecule has 32 heavy (non-hydrogen) atoms. The van der Waals surface area contributed by atoms with Crippen LogP contribution in [0.25, 0.3) is 0 Å². The van der Waals surface area contributed by atoms with Crippen LogP contribution in [0, 0.1) is 5.92 Å². The van der Waals surface area contributed by atoms with Crippen molar-refractivity contribution in [1.82, 2.24) is 9.80 Å². The molecule has 1 atom stereocenters. The van der Waals surface area contributed by atoms with Crippen LogP contribution in [-0.4, -0.2) is 86.2 Å². The Morgan fingerprint density at radius 1 is 1.06 bits per heavy atom. The molecule has 0 saturated carbocycles. The second kappa shape index (κ2) is 10.6. The number of carbonyl (C=O) groups is 3. The molecule has 8 heteroatoms. The van der Waals surface area contributed by atoms with E-state index in [0.29, 0.717) is 23.8 Å². The third-order valence-electron chi connectivity index (χ3n) is 6.81. The normalized spacial score (nSPS) is 23.7. The number of benzene rings is 1. The maximum Gasteiger partial charge on any atom is 0.338 e. The SMILES string of the molecule is CCOC(=O)c1ccc(N2C(=O)C[C@@H](N3CCC(CCN4CCOCC4)CC3)C2=O)cc1. The number of rotatable bonds is 7. The first-order valence-electron chi connectivity index (χ1n) is 11.7. The lowest BCUT2D eigenvalue weighted by Gasteiger charge is -2.36. The van der Waals surface area contributed by atoms with E-state index in [2.05, 4.69) is 9.80 Å². The van der Waals surface area contributed by atoms with Crippen LogP contribution in [0.5, 0.6) is 0 Å². The maximum absolute atomic E-state index is 13.1. The van der Waals surface area contributed by atoms with Crippen molar-refractivity contribution in [3.05, 3.63) is 29.8 Å². The van der Waals surface area contributed by atoms with Gasteiger partial charge >= 0.3 is 5.97 Å². The Hall–Kier alpha value is -2.29. The van der Waals surface area contributed by atoms with Crippen molar-refractivity contribution < 1.29 is 23.9 Å². The van der Waals surface area contributed by atoms with Crippen molar-refractivity contribution in [2.45, 2.75) is 38.6 Å². The van der Waals surface area contributed by atoms with Gasteiger partial charge in [-0.3, -0.25) is 19.4 Å². The Morgan fingerprint density at radius 2 is 1.75 bits per heavy atom. The van der Waals surface area contributed by atoms with E-state index < -0.39 is 5.97 Å². The molecule has 0 unspecified atom stereocenters. The number of anilines is 1. The molecule has 4 rings (SSSR count). The molecule has 1 aromatic carbocycles. The summed E-state index contributed by atoms with van der Waals surface area (Å²) in [6, 6.07) is 6.10. The molecule has 0 spiro atoms. The average molecular weight is 444 g/mol. The maximum atomic E-state index is 13.1. The zero-order chi connectivity index (χ0) is 22.5. The minimum absolute atomic E-state index is 0.161. The quantitative estimate of drug-likeness (QED) is 0.471. The molecule has 3 fully saturated rings. The van der Waals surface area contributed by atoms with Crippen LogP contribution in [0.4, 0.5) is 5.69 Å². The van der Waals surface area contributed by atoms with Gasteiger partial charge in [0.1, 0.15) is 0 Å². The number of imide groups is 1. The number of likely N-dealkylation sites (tertiary alicyclic amines) is 1. The number of esters is 1. The summed E-state index contributed by atoms with van der Waals surface area (Å²) in [5.41, 5.74) is 0.918. The lowest BCUT2D eigenvalue weighted by atomic mass is 9.92. The molecule has 0 aromatic heterocycles. The molecule has 8 nitrogen and oxygen atoms in total. The Labute approximate surface area is 189 Å². The summed E-state index contributed by atoms with van der Waals surface area (Å²) in [6.45, 7) is 8.58. The first-order valence-corrected chi connectivity index (χ1v) is 11.7. The summed E-state index contributed by atoms with van der Waals surface area (Å²) < 4.78 is 10.4. The molecule has 3 saturated heterocycles. The van der Waals surface area contributed by atoms with Gasteiger partial charge in [0.2, 0.25) is 5.91 Å². The van der Waals surface area contributed by atoms with Gasteiger partial charge in [0.25, 0.3) is 5.91 Å².